The number of nitrogens with two attached hydrogens (primary N) is 1. The maximum absolute atomic E-state index is 13.7. The molecule has 3 aliphatic carbocycles. The molecule has 0 radical (unpaired) electrons. The maximum atomic E-state index is 13.7. The normalized spacial score (nSPS) is 30.6. The summed E-state index contributed by atoms with van der Waals surface area (Å²) < 4.78 is 5.46. The van der Waals surface area contributed by atoms with Crippen molar-refractivity contribution in [3.05, 3.63) is 50.4 Å². The lowest BCUT2D eigenvalue weighted by Crippen LogP contribution is -2.63. The number of allylic oxidation sites excluding steroid dienone is 1. The van der Waals surface area contributed by atoms with Gasteiger partial charge in [-0.25, -0.2) is 0 Å². The van der Waals surface area contributed by atoms with Crippen molar-refractivity contribution in [3.8, 4) is 5.75 Å². The molecule has 1 aromatic carbocycles. The average molecular weight is 562 g/mol. The fraction of sp³-hybridized carbons (Fsp3) is 0.519. The van der Waals surface area contributed by atoms with Crippen LogP contribution in [0.5, 0.6) is 5.75 Å². The van der Waals surface area contributed by atoms with Crippen LogP contribution in [0.1, 0.15) is 34.3 Å². The predicted molar refractivity (Wildman–Crippen MR) is 139 cm³/mol. The van der Waals surface area contributed by atoms with Gasteiger partial charge in [0.25, 0.3) is 5.91 Å². The lowest BCUT2D eigenvalue weighted by Gasteiger charge is -2.50. The summed E-state index contributed by atoms with van der Waals surface area (Å²) in [7, 11) is 5.10. The van der Waals surface area contributed by atoms with E-state index in [-0.39, 0.29) is 35.8 Å². The Morgan fingerprint density at radius 1 is 1.23 bits per heavy atom. The molecular formula is C27H32ClN3O8. The molecule has 1 aromatic rings. The Morgan fingerprint density at radius 2 is 1.92 bits per heavy atom. The van der Waals surface area contributed by atoms with Gasteiger partial charge in [0.1, 0.15) is 22.8 Å². The minimum absolute atomic E-state index is 0.00635. The molecule has 12 heteroatoms. The second kappa shape index (κ2) is 9.60. The number of carbonyl (C=O) groups is 3. The summed E-state index contributed by atoms with van der Waals surface area (Å²) in [6.45, 7) is 1.67. The quantitative estimate of drug-likeness (QED) is 0.326. The first-order valence-corrected chi connectivity index (χ1v) is 13.1. The lowest BCUT2D eigenvalue weighted by molar-refractivity contribution is -0.148. The van der Waals surface area contributed by atoms with Crippen molar-refractivity contribution in [2.24, 2.45) is 17.6 Å². The van der Waals surface area contributed by atoms with E-state index in [2.05, 4.69) is 4.90 Å². The maximum Gasteiger partial charge on any atom is 0.255 e. The fourth-order valence-corrected chi connectivity index (χ4v) is 7.02. The number of hydrogen-bond acceptors (Lipinski definition) is 10. The van der Waals surface area contributed by atoms with Crippen LogP contribution in [0.25, 0.3) is 0 Å². The molecule has 0 bridgehead atoms. The van der Waals surface area contributed by atoms with E-state index in [0.29, 0.717) is 35.9 Å². The molecule has 0 unspecified atom stereocenters. The van der Waals surface area contributed by atoms with Crippen LogP contribution in [0.15, 0.2) is 28.7 Å². The highest BCUT2D eigenvalue weighted by atomic mass is 35.5. The molecule has 6 N–H and O–H groups in total. The Morgan fingerprint density at radius 3 is 2.51 bits per heavy atom. The first-order valence-electron chi connectivity index (χ1n) is 12.8. The third-order valence-corrected chi connectivity index (χ3v) is 9.15. The van der Waals surface area contributed by atoms with E-state index in [0.717, 1.165) is 6.42 Å². The molecule has 4 aliphatic rings. The van der Waals surface area contributed by atoms with Crippen LogP contribution < -0.4 is 5.73 Å². The number of amides is 1. The number of phenolic OH excluding ortho intramolecular Hbond substituents is 1. The van der Waals surface area contributed by atoms with Crippen LogP contribution >= 0.6 is 11.6 Å². The zero-order valence-electron chi connectivity index (χ0n) is 21.9. The molecule has 1 amide bonds. The van der Waals surface area contributed by atoms with Gasteiger partial charge in [-0.05, 0) is 63.5 Å². The molecule has 1 fully saturated rings. The van der Waals surface area contributed by atoms with E-state index in [9.17, 15) is 34.8 Å². The van der Waals surface area contributed by atoms with Gasteiger partial charge in [-0.2, -0.15) is 0 Å². The predicted octanol–water partition coefficient (Wildman–Crippen LogP) is 0.995. The van der Waals surface area contributed by atoms with Crippen molar-refractivity contribution in [2.45, 2.75) is 43.5 Å². The number of nitrogens with zero attached hydrogens (tertiary/aromatic N) is 2. The number of primary amides is 1. The van der Waals surface area contributed by atoms with Crippen LogP contribution in [-0.2, 0) is 27.3 Å². The Balaban J connectivity index is 1.61. The van der Waals surface area contributed by atoms with Gasteiger partial charge < -0.3 is 30.9 Å². The SMILES string of the molecule is CN(C)[C@@H]1C(O)=C(C(N)=O)C(=O)[C@@]2(O)C(O)=C3C(=O)c4c(O)cc(CN(C)[C@@H]5CCOC5)c(Cl)c4C[C@H]3C[C@@H]12. The largest absolute Gasteiger partial charge is 0.510 e. The van der Waals surface area contributed by atoms with E-state index in [4.69, 9.17) is 22.1 Å². The number of phenols is 1. The number of fused-ring (bicyclic) bond motifs is 3. The van der Waals surface area contributed by atoms with E-state index >= 15 is 0 Å². The molecule has 1 aliphatic heterocycles. The molecule has 0 spiro atoms. The molecule has 1 saturated heterocycles. The Labute approximate surface area is 230 Å². The van der Waals surface area contributed by atoms with Gasteiger partial charge in [0.2, 0.25) is 5.78 Å². The summed E-state index contributed by atoms with van der Waals surface area (Å²) in [5.74, 6) is -6.89. The zero-order chi connectivity index (χ0) is 28.5. The number of benzene rings is 1. The molecular weight excluding hydrogens is 530 g/mol. The standard InChI is InChI=1S/C27H32ClN3O8/c1-30(2)21-15-7-11-6-14-18(16(32)8-12(20(14)28)9-31(3)13-4-5-39-10-13)22(33)17(11)24(35)27(15,38)25(36)19(23(21)34)26(29)37/h8,11,13,15,21,32,34-35,38H,4-7,9-10H2,1-3H3,(H2,29,37)/t11-,13+,15-,21-,27-/m0/s1. The summed E-state index contributed by atoms with van der Waals surface area (Å²) in [4.78, 5) is 42.8. The van der Waals surface area contributed by atoms with E-state index in [1.54, 1.807) is 14.1 Å². The summed E-state index contributed by atoms with van der Waals surface area (Å²) >= 11 is 6.82. The number of ether oxygens (including phenoxy) is 1. The van der Waals surface area contributed by atoms with E-state index in [1.165, 1.54) is 11.0 Å². The van der Waals surface area contributed by atoms with Gasteiger partial charge in [-0.15, -0.1) is 0 Å². The molecule has 0 saturated carbocycles. The minimum atomic E-state index is -2.67. The van der Waals surface area contributed by atoms with Crippen LogP contribution in [0, 0.1) is 11.8 Å². The number of likely N-dealkylation sites (N-methyl/N-ethyl adjacent to an activating group) is 2. The van der Waals surface area contributed by atoms with Crippen LogP contribution in [0.3, 0.4) is 0 Å². The Bertz CT molecular complexity index is 1350. The number of carbonyl (C=O) groups excluding carboxylic acids is 3. The molecule has 5 atom stereocenters. The Kier molecular flexibility index (Phi) is 6.79. The number of rotatable bonds is 5. The molecule has 5 rings (SSSR count). The number of aromatic hydroxyl groups is 1. The average Bonchev–Trinajstić information content (AvgIpc) is 3.39. The van der Waals surface area contributed by atoms with Gasteiger partial charge in [-0.3, -0.25) is 24.2 Å². The highest BCUT2D eigenvalue weighted by Crippen LogP contribution is 2.53. The van der Waals surface area contributed by atoms with Gasteiger partial charge >= 0.3 is 0 Å². The van der Waals surface area contributed by atoms with Crippen molar-refractivity contribution in [2.75, 3.05) is 34.4 Å². The number of ketones is 2. The van der Waals surface area contributed by atoms with Gasteiger partial charge in [-0.1, -0.05) is 11.6 Å². The molecule has 0 aromatic heterocycles. The third-order valence-electron chi connectivity index (χ3n) is 8.68. The number of hydrogen-bond donors (Lipinski definition) is 5. The van der Waals surface area contributed by atoms with Crippen molar-refractivity contribution in [1.82, 2.24) is 9.80 Å². The number of aliphatic hydroxyl groups is 3. The minimum Gasteiger partial charge on any atom is -0.510 e. The van der Waals surface area contributed by atoms with Crippen LogP contribution in [0.2, 0.25) is 5.02 Å². The van der Waals surface area contributed by atoms with Gasteiger partial charge in [0.15, 0.2) is 11.4 Å². The van der Waals surface area contributed by atoms with Gasteiger partial charge in [0, 0.05) is 35.7 Å². The molecule has 39 heavy (non-hydrogen) atoms. The Hall–Kier alpha value is -2.96. The van der Waals surface area contributed by atoms with Crippen molar-refractivity contribution >= 4 is 29.1 Å². The highest BCUT2D eigenvalue weighted by molar-refractivity contribution is 6.33. The summed E-state index contributed by atoms with van der Waals surface area (Å²) in [6, 6.07) is 0.567. The first kappa shape index (κ1) is 27.6. The second-order valence-corrected chi connectivity index (χ2v) is 11.5. The first-order chi connectivity index (χ1) is 18.3. The van der Waals surface area contributed by atoms with E-state index < -0.39 is 58.0 Å². The number of Topliss-reactive ketones (excluding diaryl/α,β-unsaturated/α-hetero) is 2. The van der Waals surface area contributed by atoms with Crippen molar-refractivity contribution in [1.29, 1.82) is 0 Å². The van der Waals surface area contributed by atoms with Crippen LogP contribution in [-0.4, -0.2) is 99.7 Å². The monoisotopic (exact) mass is 561 g/mol. The number of aliphatic hydroxyl groups excluding tert-OH is 2. The molecule has 11 nitrogen and oxygen atoms in total. The molecule has 210 valence electrons. The van der Waals surface area contributed by atoms with E-state index in [1.807, 2.05) is 7.05 Å². The smallest absolute Gasteiger partial charge is 0.255 e. The topological polar surface area (TPSA) is 174 Å². The third kappa shape index (κ3) is 3.98. The van der Waals surface area contributed by atoms with Crippen molar-refractivity contribution < 1.29 is 39.5 Å². The summed E-state index contributed by atoms with van der Waals surface area (Å²) in [6.07, 6.45) is 1.02. The van der Waals surface area contributed by atoms with Crippen LogP contribution in [0.4, 0.5) is 0 Å². The summed E-state index contributed by atoms with van der Waals surface area (Å²) in [5.41, 5.74) is 2.58. The number of halogens is 1. The summed E-state index contributed by atoms with van der Waals surface area (Å²) in [5, 5.41) is 45.1. The van der Waals surface area contributed by atoms with Gasteiger partial charge in [0.05, 0.1) is 18.2 Å². The zero-order valence-corrected chi connectivity index (χ0v) is 22.7. The fourth-order valence-electron chi connectivity index (χ4n) is 6.74. The lowest BCUT2D eigenvalue weighted by atomic mass is 9.58. The highest BCUT2D eigenvalue weighted by Gasteiger charge is 2.63. The van der Waals surface area contributed by atoms with Crippen molar-refractivity contribution in [3.63, 3.8) is 0 Å². The second-order valence-electron chi connectivity index (χ2n) is 11.1. The molecule has 1 heterocycles.